The molecular weight excluding hydrogens is 324 g/mol. The third-order valence-electron chi connectivity index (χ3n) is 2.28. The van der Waals surface area contributed by atoms with Crippen LogP contribution in [0.1, 0.15) is 39.2 Å². The van der Waals surface area contributed by atoms with Gasteiger partial charge in [0.2, 0.25) is 5.91 Å². The summed E-state index contributed by atoms with van der Waals surface area (Å²) in [7, 11) is 0. The first-order valence-corrected chi connectivity index (χ1v) is 7.10. The first-order valence-electron chi connectivity index (χ1n) is 6.31. The molecule has 0 aromatic carbocycles. The number of aromatic nitrogens is 1. The lowest BCUT2D eigenvalue weighted by Gasteiger charge is -2.19. The summed E-state index contributed by atoms with van der Waals surface area (Å²) in [5.74, 6) is -0.135. The van der Waals surface area contributed by atoms with Gasteiger partial charge in [-0.1, -0.05) is 0 Å². The summed E-state index contributed by atoms with van der Waals surface area (Å²) in [5, 5.41) is 2.68. The van der Waals surface area contributed by atoms with Gasteiger partial charge in [-0.2, -0.15) is 0 Å². The number of anilines is 1. The second kappa shape index (κ2) is 6.83. The predicted octanol–water partition coefficient (Wildman–Crippen LogP) is 3.21. The Balaban J connectivity index is 2.46. The van der Waals surface area contributed by atoms with Crippen LogP contribution >= 0.6 is 15.9 Å². The van der Waals surface area contributed by atoms with Gasteiger partial charge in [-0.05, 0) is 55.3 Å². The van der Waals surface area contributed by atoms with E-state index >= 15 is 0 Å². The maximum atomic E-state index is 11.7. The fraction of sp³-hybridized carbons (Fsp3) is 0.500. The molecule has 0 bridgehead atoms. The lowest BCUT2D eigenvalue weighted by Crippen LogP contribution is -2.24. The van der Waals surface area contributed by atoms with Crippen LogP contribution < -0.4 is 5.32 Å². The van der Waals surface area contributed by atoms with Crippen LogP contribution in [0.25, 0.3) is 0 Å². The molecule has 0 aliphatic heterocycles. The quantitative estimate of drug-likeness (QED) is 0.853. The summed E-state index contributed by atoms with van der Waals surface area (Å²) in [6, 6.07) is 1.86. The number of esters is 1. The van der Waals surface area contributed by atoms with Crippen LogP contribution in [-0.2, 0) is 14.3 Å². The molecule has 0 spiro atoms. The van der Waals surface area contributed by atoms with Gasteiger partial charge in [-0.3, -0.25) is 9.59 Å². The highest BCUT2D eigenvalue weighted by molar-refractivity contribution is 9.10. The number of ether oxygens (including phenoxy) is 1. The molecule has 0 atom stereocenters. The highest BCUT2D eigenvalue weighted by Crippen LogP contribution is 2.17. The Morgan fingerprint density at radius 3 is 2.55 bits per heavy atom. The first-order chi connectivity index (χ1) is 9.17. The minimum absolute atomic E-state index is 0.0542. The van der Waals surface area contributed by atoms with Crippen molar-refractivity contribution in [2.45, 2.75) is 46.1 Å². The number of hydrogen-bond acceptors (Lipinski definition) is 4. The number of rotatable bonds is 4. The monoisotopic (exact) mass is 342 g/mol. The molecule has 0 fully saturated rings. The molecule has 1 aromatic rings. The fourth-order valence-electron chi connectivity index (χ4n) is 1.47. The Morgan fingerprint density at radius 2 is 2.00 bits per heavy atom. The molecule has 1 N–H and O–H groups in total. The van der Waals surface area contributed by atoms with E-state index in [2.05, 4.69) is 26.2 Å². The van der Waals surface area contributed by atoms with Gasteiger partial charge in [-0.25, -0.2) is 4.98 Å². The zero-order valence-corrected chi connectivity index (χ0v) is 13.7. The molecule has 0 unspecified atom stereocenters. The Kier molecular flexibility index (Phi) is 5.68. The molecule has 6 heteroatoms. The number of amides is 1. The van der Waals surface area contributed by atoms with Crippen molar-refractivity contribution in [1.82, 2.24) is 4.98 Å². The minimum atomic E-state index is -0.530. The number of hydrogen-bond donors (Lipinski definition) is 1. The van der Waals surface area contributed by atoms with Crippen LogP contribution in [0.4, 0.5) is 5.82 Å². The number of aryl methyl sites for hydroxylation is 1. The average Bonchev–Trinajstić information content (AvgIpc) is 2.28. The summed E-state index contributed by atoms with van der Waals surface area (Å²) in [6.07, 6.45) is 1.74. The van der Waals surface area contributed by atoms with Gasteiger partial charge in [0.05, 0.1) is 6.42 Å². The molecule has 1 heterocycles. The standard InChI is InChI=1S/C14H19BrN2O3/c1-9-7-10(15)8-16-13(9)17-11(18)5-6-12(19)20-14(2,3)4/h7-8H,5-6H2,1-4H3,(H,16,17,18). The third-order valence-corrected chi connectivity index (χ3v) is 2.71. The van der Waals surface area contributed by atoms with Crippen LogP contribution in [0.3, 0.4) is 0 Å². The Bertz CT molecular complexity index is 510. The van der Waals surface area contributed by atoms with E-state index in [-0.39, 0.29) is 24.7 Å². The van der Waals surface area contributed by atoms with E-state index in [1.165, 1.54) is 0 Å². The largest absolute Gasteiger partial charge is 0.460 e. The lowest BCUT2D eigenvalue weighted by molar-refractivity contribution is -0.155. The smallest absolute Gasteiger partial charge is 0.306 e. The Hall–Kier alpha value is -1.43. The van der Waals surface area contributed by atoms with Gasteiger partial charge < -0.3 is 10.1 Å². The zero-order valence-electron chi connectivity index (χ0n) is 12.1. The summed E-state index contributed by atoms with van der Waals surface area (Å²) in [4.78, 5) is 27.4. The van der Waals surface area contributed by atoms with Gasteiger partial charge in [0.15, 0.2) is 0 Å². The molecule has 0 aliphatic rings. The maximum absolute atomic E-state index is 11.7. The topological polar surface area (TPSA) is 68.3 Å². The molecule has 110 valence electrons. The summed E-state index contributed by atoms with van der Waals surface area (Å²) in [5.41, 5.74) is 0.321. The summed E-state index contributed by atoms with van der Waals surface area (Å²) < 4.78 is 5.99. The number of carbonyl (C=O) groups is 2. The Labute approximate surface area is 127 Å². The molecule has 0 aliphatic carbocycles. The molecule has 0 saturated heterocycles. The summed E-state index contributed by atoms with van der Waals surface area (Å²) in [6.45, 7) is 7.22. The highest BCUT2D eigenvalue weighted by Gasteiger charge is 2.17. The van der Waals surface area contributed by atoms with E-state index < -0.39 is 5.60 Å². The molecule has 20 heavy (non-hydrogen) atoms. The first kappa shape index (κ1) is 16.6. The van der Waals surface area contributed by atoms with Gasteiger partial charge in [0, 0.05) is 17.1 Å². The lowest BCUT2D eigenvalue weighted by atomic mass is 10.2. The molecule has 1 amide bonds. The zero-order chi connectivity index (χ0) is 15.3. The van der Waals surface area contributed by atoms with Crippen molar-refractivity contribution in [3.8, 4) is 0 Å². The molecule has 1 rings (SSSR count). The van der Waals surface area contributed by atoms with E-state index in [0.717, 1.165) is 10.0 Å². The van der Waals surface area contributed by atoms with Crippen LogP contribution in [-0.4, -0.2) is 22.5 Å². The number of nitrogens with one attached hydrogen (secondary N) is 1. The second-order valence-corrected chi connectivity index (χ2v) is 6.37. The van der Waals surface area contributed by atoms with Gasteiger partial charge in [-0.15, -0.1) is 0 Å². The predicted molar refractivity (Wildman–Crippen MR) is 80.4 cm³/mol. The van der Waals surface area contributed by atoms with Crippen molar-refractivity contribution >= 4 is 33.6 Å². The van der Waals surface area contributed by atoms with E-state index in [1.54, 1.807) is 27.0 Å². The van der Waals surface area contributed by atoms with Crippen LogP contribution in [0, 0.1) is 6.92 Å². The molecule has 5 nitrogen and oxygen atoms in total. The van der Waals surface area contributed by atoms with Crippen molar-refractivity contribution in [3.63, 3.8) is 0 Å². The number of nitrogens with zero attached hydrogens (tertiary/aromatic N) is 1. The molecule has 1 aromatic heterocycles. The van der Waals surface area contributed by atoms with E-state index in [4.69, 9.17) is 4.74 Å². The van der Waals surface area contributed by atoms with Crippen LogP contribution in [0.2, 0.25) is 0 Å². The second-order valence-electron chi connectivity index (χ2n) is 5.45. The maximum Gasteiger partial charge on any atom is 0.306 e. The van der Waals surface area contributed by atoms with Crippen molar-refractivity contribution in [2.75, 3.05) is 5.32 Å². The minimum Gasteiger partial charge on any atom is -0.460 e. The average molecular weight is 343 g/mol. The normalized spacial score (nSPS) is 11.1. The van der Waals surface area contributed by atoms with Crippen molar-refractivity contribution in [3.05, 3.63) is 22.3 Å². The van der Waals surface area contributed by atoms with Crippen molar-refractivity contribution < 1.29 is 14.3 Å². The van der Waals surface area contributed by atoms with Crippen molar-refractivity contribution in [2.24, 2.45) is 0 Å². The molecule has 0 radical (unpaired) electrons. The van der Waals surface area contributed by atoms with Gasteiger partial charge in [0.1, 0.15) is 11.4 Å². The van der Waals surface area contributed by atoms with Crippen molar-refractivity contribution in [1.29, 1.82) is 0 Å². The van der Waals surface area contributed by atoms with Crippen LogP contribution in [0.5, 0.6) is 0 Å². The number of halogens is 1. The SMILES string of the molecule is Cc1cc(Br)cnc1NC(=O)CCC(=O)OC(C)(C)C. The third kappa shape index (κ3) is 6.14. The van der Waals surface area contributed by atoms with Gasteiger partial charge >= 0.3 is 5.97 Å². The van der Waals surface area contributed by atoms with E-state index in [0.29, 0.717) is 5.82 Å². The van der Waals surface area contributed by atoms with E-state index in [1.807, 2.05) is 13.0 Å². The van der Waals surface area contributed by atoms with Gasteiger partial charge in [0.25, 0.3) is 0 Å². The Morgan fingerprint density at radius 1 is 1.35 bits per heavy atom. The molecule has 0 saturated carbocycles. The number of carbonyl (C=O) groups excluding carboxylic acids is 2. The number of pyridine rings is 1. The van der Waals surface area contributed by atoms with Crippen LogP contribution in [0.15, 0.2) is 16.7 Å². The fourth-order valence-corrected chi connectivity index (χ4v) is 1.92. The summed E-state index contributed by atoms with van der Waals surface area (Å²) >= 11 is 3.30. The van der Waals surface area contributed by atoms with E-state index in [9.17, 15) is 9.59 Å². The molecular formula is C14H19BrN2O3. The highest BCUT2D eigenvalue weighted by atomic mass is 79.9.